The maximum Gasteiger partial charge on any atom is 0.290 e. The van der Waals surface area contributed by atoms with E-state index in [1.54, 1.807) is 24.3 Å². The van der Waals surface area contributed by atoms with Gasteiger partial charge in [-0.2, -0.15) is 0 Å². The molecule has 0 spiro atoms. The molecule has 1 aliphatic heterocycles. The van der Waals surface area contributed by atoms with Gasteiger partial charge in [-0.3, -0.25) is 15.0 Å². The largest absolute Gasteiger partial charge is 0.370 e. The van der Waals surface area contributed by atoms with Crippen molar-refractivity contribution < 1.29 is 4.92 Å². The number of anilines is 1. The number of likely N-dealkylation sites (tertiary alicyclic amines) is 1. The van der Waals surface area contributed by atoms with E-state index in [4.69, 9.17) is 0 Å². The molecular formula is C17H23N5O2S. The van der Waals surface area contributed by atoms with Gasteiger partial charge in [0, 0.05) is 24.0 Å². The summed E-state index contributed by atoms with van der Waals surface area (Å²) in [5, 5.41) is 17.4. The number of nitrogens with one attached hydrogen (secondary N) is 1. The lowest BCUT2D eigenvalue weighted by Gasteiger charge is -2.31. The number of nitro groups is 1. The number of pyridine rings is 1. The standard InChI is InChI=1S/C17H23N5O2S/c1-12-7-17(19-9-16(12)22(23)24)18-8-14-3-5-21(6-4-14)10-15-11-25-13(2)20-15/h7,9,11,14H,3-6,8,10H2,1-2H3,(H,18,19). The van der Waals surface area contributed by atoms with Crippen molar-refractivity contribution in [1.82, 2.24) is 14.9 Å². The van der Waals surface area contributed by atoms with Gasteiger partial charge in [0.2, 0.25) is 0 Å². The number of nitrogens with zero attached hydrogens (tertiary/aromatic N) is 4. The lowest BCUT2D eigenvalue weighted by atomic mass is 9.96. The highest BCUT2D eigenvalue weighted by molar-refractivity contribution is 7.09. The molecule has 0 bridgehead atoms. The summed E-state index contributed by atoms with van der Waals surface area (Å²) < 4.78 is 0. The number of rotatable bonds is 6. The summed E-state index contributed by atoms with van der Waals surface area (Å²) in [5.74, 6) is 1.31. The molecule has 0 radical (unpaired) electrons. The second-order valence-corrected chi connectivity index (χ2v) is 7.63. The molecule has 1 aliphatic rings. The number of thiazole rings is 1. The monoisotopic (exact) mass is 361 g/mol. The minimum Gasteiger partial charge on any atom is -0.370 e. The number of hydrogen-bond donors (Lipinski definition) is 1. The second kappa shape index (κ2) is 7.88. The molecule has 0 saturated carbocycles. The minimum absolute atomic E-state index is 0.0659. The molecule has 3 rings (SSSR count). The van der Waals surface area contributed by atoms with Gasteiger partial charge >= 0.3 is 0 Å². The van der Waals surface area contributed by atoms with Crippen LogP contribution in [0, 0.1) is 29.9 Å². The van der Waals surface area contributed by atoms with Crippen LogP contribution >= 0.6 is 11.3 Å². The molecule has 2 aromatic heterocycles. The van der Waals surface area contributed by atoms with E-state index in [1.165, 1.54) is 11.9 Å². The molecule has 1 fully saturated rings. The predicted octanol–water partition coefficient (Wildman–Crippen LogP) is 3.39. The summed E-state index contributed by atoms with van der Waals surface area (Å²) in [6, 6.07) is 1.75. The molecule has 0 aromatic carbocycles. The van der Waals surface area contributed by atoms with Crippen LogP contribution in [-0.4, -0.2) is 39.4 Å². The smallest absolute Gasteiger partial charge is 0.290 e. The first-order chi connectivity index (χ1) is 12.0. The average Bonchev–Trinajstić information content (AvgIpc) is 2.99. The van der Waals surface area contributed by atoms with Gasteiger partial charge in [-0.1, -0.05) is 0 Å². The highest BCUT2D eigenvalue weighted by atomic mass is 32.1. The topological polar surface area (TPSA) is 84.2 Å². The van der Waals surface area contributed by atoms with Gasteiger partial charge in [-0.15, -0.1) is 11.3 Å². The molecule has 2 aromatic rings. The van der Waals surface area contributed by atoms with Crippen LogP contribution in [0.15, 0.2) is 17.6 Å². The Hall–Kier alpha value is -2.06. The first kappa shape index (κ1) is 17.8. The molecule has 0 aliphatic carbocycles. The zero-order valence-electron chi connectivity index (χ0n) is 14.6. The van der Waals surface area contributed by atoms with Crippen LogP contribution in [0.1, 0.15) is 29.1 Å². The fraction of sp³-hybridized carbons (Fsp3) is 0.529. The second-order valence-electron chi connectivity index (χ2n) is 6.57. The maximum atomic E-state index is 10.8. The van der Waals surface area contributed by atoms with E-state index >= 15 is 0 Å². The zero-order chi connectivity index (χ0) is 17.8. The van der Waals surface area contributed by atoms with E-state index < -0.39 is 4.92 Å². The van der Waals surface area contributed by atoms with Crippen molar-refractivity contribution in [3.05, 3.63) is 44.0 Å². The normalized spacial score (nSPS) is 16.1. The third kappa shape index (κ3) is 4.73. The van der Waals surface area contributed by atoms with Crippen molar-refractivity contribution in [2.75, 3.05) is 25.0 Å². The van der Waals surface area contributed by atoms with E-state index in [2.05, 4.69) is 25.6 Å². The molecule has 134 valence electrons. The number of piperidine rings is 1. The van der Waals surface area contributed by atoms with Crippen LogP contribution in [0.5, 0.6) is 0 Å². The Morgan fingerprint density at radius 2 is 2.16 bits per heavy atom. The SMILES string of the molecule is Cc1nc(CN2CCC(CNc3cc(C)c([N+](=O)[O-])cn3)CC2)cs1. The van der Waals surface area contributed by atoms with E-state index in [0.29, 0.717) is 17.3 Å². The third-order valence-corrected chi connectivity index (χ3v) is 5.43. The van der Waals surface area contributed by atoms with Gasteiger partial charge in [0.25, 0.3) is 5.69 Å². The Morgan fingerprint density at radius 3 is 2.76 bits per heavy atom. The summed E-state index contributed by atoms with van der Waals surface area (Å²) in [6.45, 7) is 7.73. The van der Waals surface area contributed by atoms with Crippen LogP contribution in [0.4, 0.5) is 11.5 Å². The summed E-state index contributed by atoms with van der Waals surface area (Å²) in [7, 11) is 0. The van der Waals surface area contributed by atoms with E-state index in [1.807, 2.05) is 6.92 Å². The van der Waals surface area contributed by atoms with Crippen molar-refractivity contribution in [3.63, 3.8) is 0 Å². The van der Waals surface area contributed by atoms with Crippen LogP contribution in [0.2, 0.25) is 0 Å². The third-order valence-electron chi connectivity index (χ3n) is 4.61. The lowest BCUT2D eigenvalue weighted by molar-refractivity contribution is -0.385. The number of aromatic nitrogens is 2. The quantitative estimate of drug-likeness (QED) is 0.627. The number of aryl methyl sites for hydroxylation is 2. The fourth-order valence-electron chi connectivity index (χ4n) is 3.14. The highest BCUT2D eigenvalue weighted by Crippen LogP contribution is 2.22. The van der Waals surface area contributed by atoms with Crippen LogP contribution in [0.25, 0.3) is 0 Å². The highest BCUT2D eigenvalue weighted by Gasteiger charge is 2.20. The van der Waals surface area contributed by atoms with Crippen molar-refractivity contribution in [1.29, 1.82) is 0 Å². The van der Waals surface area contributed by atoms with E-state index in [9.17, 15) is 10.1 Å². The first-order valence-electron chi connectivity index (χ1n) is 8.49. The molecule has 25 heavy (non-hydrogen) atoms. The molecule has 1 N–H and O–H groups in total. The summed E-state index contributed by atoms with van der Waals surface area (Å²) >= 11 is 1.71. The zero-order valence-corrected chi connectivity index (χ0v) is 15.4. The Morgan fingerprint density at radius 1 is 1.40 bits per heavy atom. The molecule has 8 heteroatoms. The molecule has 1 saturated heterocycles. The average molecular weight is 361 g/mol. The molecular weight excluding hydrogens is 338 g/mol. The van der Waals surface area contributed by atoms with Crippen molar-refractivity contribution in [2.45, 2.75) is 33.2 Å². The first-order valence-corrected chi connectivity index (χ1v) is 9.37. The molecule has 3 heterocycles. The van der Waals surface area contributed by atoms with Crippen LogP contribution in [0.3, 0.4) is 0 Å². The van der Waals surface area contributed by atoms with Gasteiger partial charge < -0.3 is 5.32 Å². The molecule has 7 nitrogen and oxygen atoms in total. The van der Waals surface area contributed by atoms with Crippen LogP contribution < -0.4 is 5.32 Å². The van der Waals surface area contributed by atoms with Gasteiger partial charge in [-0.25, -0.2) is 9.97 Å². The van der Waals surface area contributed by atoms with Crippen molar-refractivity contribution >= 4 is 22.8 Å². The van der Waals surface area contributed by atoms with Gasteiger partial charge in [0.05, 0.1) is 15.6 Å². The van der Waals surface area contributed by atoms with Gasteiger partial charge in [-0.05, 0) is 51.8 Å². The lowest BCUT2D eigenvalue weighted by Crippen LogP contribution is -2.35. The van der Waals surface area contributed by atoms with Crippen molar-refractivity contribution in [2.24, 2.45) is 5.92 Å². The maximum absolute atomic E-state index is 10.8. The summed E-state index contributed by atoms with van der Waals surface area (Å²) in [5.41, 5.74) is 1.87. The Bertz CT molecular complexity index is 740. The van der Waals surface area contributed by atoms with E-state index in [-0.39, 0.29) is 5.69 Å². The summed E-state index contributed by atoms with van der Waals surface area (Å²) in [4.78, 5) is 21.6. The Balaban J connectivity index is 1.45. The number of hydrogen-bond acceptors (Lipinski definition) is 7. The van der Waals surface area contributed by atoms with Crippen molar-refractivity contribution in [3.8, 4) is 0 Å². The predicted molar refractivity (Wildman–Crippen MR) is 99.0 cm³/mol. The van der Waals surface area contributed by atoms with Gasteiger partial charge in [0.1, 0.15) is 12.0 Å². The Labute approximate surface area is 151 Å². The van der Waals surface area contributed by atoms with Crippen LogP contribution in [-0.2, 0) is 6.54 Å². The minimum atomic E-state index is -0.397. The van der Waals surface area contributed by atoms with Gasteiger partial charge in [0.15, 0.2) is 0 Å². The Kier molecular flexibility index (Phi) is 5.60. The summed E-state index contributed by atoms with van der Waals surface area (Å²) in [6.07, 6.45) is 3.61. The molecule has 0 unspecified atom stereocenters. The molecule has 0 atom stereocenters. The molecule has 0 amide bonds. The van der Waals surface area contributed by atoms with E-state index in [0.717, 1.165) is 44.0 Å². The fourth-order valence-corrected chi connectivity index (χ4v) is 3.75.